The van der Waals surface area contributed by atoms with Crippen molar-refractivity contribution < 1.29 is 22.2 Å². The molecule has 6 nitrogen and oxygen atoms in total. The number of esters is 1. The zero-order chi connectivity index (χ0) is 21.6. The predicted molar refractivity (Wildman–Crippen MR) is 111 cm³/mol. The highest BCUT2D eigenvalue weighted by molar-refractivity contribution is 7.90. The van der Waals surface area contributed by atoms with Crippen LogP contribution in [-0.4, -0.2) is 40.8 Å². The molecular formula is C21H25NO5S2. The Morgan fingerprint density at radius 3 is 2.07 bits per heavy atom. The topological polar surface area (TPSA) is 80.5 Å². The predicted octanol–water partition coefficient (Wildman–Crippen LogP) is 3.19. The molecule has 1 aliphatic heterocycles. The zero-order valence-corrected chi connectivity index (χ0v) is 18.7. The van der Waals surface area contributed by atoms with E-state index in [1.54, 1.807) is 49.3 Å². The van der Waals surface area contributed by atoms with Gasteiger partial charge in [0.15, 0.2) is 9.84 Å². The quantitative estimate of drug-likeness (QED) is 0.532. The summed E-state index contributed by atoms with van der Waals surface area (Å²) in [4.78, 5) is 13.5. The molecule has 1 saturated heterocycles. The van der Waals surface area contributed by atoms with Gasteiger partial charge in [-0.3, -0.25) is 4.79 Å². The number of carbonyl (C=O) groups is 1. The molecule has 0 radical (unpaired) electrons. The van der Waals surface area contributed by atoms with Crippen LogP contribution in [0.15, 0.2) is 58.3 Å². The van der Waals surface area contributed by atoms with Crippen LogP contribution in [0.4, 0.5) is 0 Å². The van der Waals surface area contributed by atoms with Gasteiger partial charge in [0.2, 0.25) is 0 Å². The van der Waals surface area contributed by atoms with Crippen LogP contribution in [0, 0.1) is 6.92 Å². The number of ether oxygens (including phenoxy) is 1. The lowest BCUT2D eigenvalue weighted by atomic mass is 10.1. The van der Waals surface area contributed by atoms with Gasteiger partial charge in [-0.1, -0.05) is 29.8 Å². The minimum Gasteiger partial charge on any atom is -0.459 e. The number of aryl methyl sites for hydroxylation is 1. The molecule has 2 aromatic carbocycles. The highest BCUT2D eigenvalue weighted by atomic mass is 32.2. The molecule has 0 saturated carbocycles. The Hall–Kier alpha value is -2.03. The Labute approximate surface area is 174 Å². The highest BCUT2D eigenvalue weighted by Crippen LogP contribution is 2.47. The fourth-order valence-electron chi connectivity index (χ4n) is 3.03. The molecular weight excluding hydrogens is 410 g/mol. The normalized spacial score (nSPS) is 22.7. The van der Waals surface area contributed by atoms with Crippen molar-refractivity contribution in [1.29, 1.82) is 0 Å². The van der Waals surface area contributed by atoms with E-state index in [0.29, 0.717) is 10.5 Å². The van der Waals surface area contributed by atoms with Crippen LogP contribution in [0.25, 0.3) is 0 Å². The number of hydrogen-bond donors (Lipinski definition) is 0. The average molecular weight is 436 g/mol. The number of benzene rings is 2. The van der Waals surface area contributed by atoms with Crippen LogP contribution in [0.2, 0.25) is 0 Å². The maximum atomic E-state index is 13.1. The van der Waals surface area contributed by atoms with Gasteiger partial charge in [0.1, 0.15) is 22.6 Å². The van der Waals surface area contributed by atoms with E-state index in [1.165, 1.54) is 12.1 Å². The van der Waals surface area contributed by atoms with Crippen LogP contribution < -0.4 is 0 Å². The summed E-state index contributed by atoms with van der Waals surface area (Å²) in [7, 11) is -4.87. The summed E-state index contributed by atoms with van der Waals surface area (Å²) >= 11 is 0. The third kappa shape index (κ3) is 4.94. The summed E-state index contributed by atoms with van der Waals surface area (Å²) < 4.78 is 43.7. The molecule has 8 heteroatoms. The van der Waals surface area contributed by atoms with Gasteiger partial charge >= 0.3 is 5.97 Å². The first kappa shape index (κ1) is 21.7. The second kappa shape index (κ2) is 7.66. The van der Waals surface area contributed by atoms with Crippen molar-refractivity contribution in [3.05, 3.63) is 59.7 Å². The van der Waals surface area contributed by atoms with Crippen molar-refractivity contribution in [2.45, 2.75) is 55.2 Å². The number of sulfone groups is 1. The summed E-state index contributed by atoms with van der Waals surface area (Å²) in [6, 6.07) is 12.5. The second-order valence-corrected chi connectivity index (χ2v) is 11.6. The maximum absolute atomic E-state index is 13.1. The molecule has 29 heavy (non-hydrogen) atoms. The third-order valence-electron chi connectivity index (χ3n) is 4.47. The molecule has 0 N–H and O–H groups in total. The van der Waals surface area contributed by atoms with E-state index in [1.807, 2.05) is 19.1 Å². The molecule has 4 atom stereocenters. The summed E-state index contributed by atoms with van der Waals surface area (Å²) in [5.74, 6) is -0.449. The lowest BCUT2D eigenvalue weighted by molar-refractivity contribution is -0.154. The average Bonchev–Trinajstić information content (AvgIpc) is 3.35. The van der Waals surface area contributed by atoms with E-state index in [-0.39, 0.29) is 4.90 Å². The van der Waals surface area contributed by atoms with Gasteiger partial charge in [0.25, 0.3) is 0 Å². The van der Waals surface area contributed by atoms with E-state index >= 15 is 0 Å². The fourth-order valence-corrected chi connectivity index (χ4v) is 5.07. The van der Waals surface area contributed by atoms with E-state index in [2.05, 4.69) is 0 Å². The number of rotatable bonds is 5. The molecule has 0 amide bonds. The van der Waals surface area contributed by atoms with Gasteiger partial charge in [-0.2, -0.15) is 4.31 Å². The van der Waals surface area contributed by atoms with Crippen LogP contribution in [0.3, 0.4) is 0 Å². The molecule has 3 rings (SSSR count). The SMILES string of the molecule is Cc1ccc(S(=O)N2[C@H](C(=O)OC(C)(C)C)[C@@H]2c2ccc(S(C)(=O)=O)cc2)cc1. The molecule has 0 spiro atoms. The van der Waals surface area contributed by atoms with Crippen molar-refractivity contribution in [3.8, 4) is 0 Å². The van der Waals surface area contributed by atoms with Crippen molar-refractivity contribution in [1.82, 2.24) is 4.31 Å². The standard InChI is InChI=1S/C21H25NO5S2/c1-14-6-10-16(11-7-14)28(24)22-18(19(22)20(23)27-21(2,3)4)15-8-12-17(13-9-15)29(5,25)26/h6-13,18-19H,1-5H3/t18-,19-,22?,28?/m0/s1. The Morgan fingerprint density at radius 1 is 1.03 bits per heavy atom. The monoisotopic (exact) mass is 435 g/mol. The Kier molecular flexibility index (Phi) is 5.73. The van der Waals surface area contributed by atoms with Gasteiger partial charge in [0, 0.05) is 6.26 Å². The largest absolute Gasteiger partial charge is 0.459 e. The summed E-state index contributed by atoms with van der Waals surface area (Å²) in [6.45, 7) is 7.29. The summed E-state index contributed by atoms with van der Waals surface area (Å²) in [5, 5.41) is 0. The lowest BCUT2D eigenvalue weighted by Gasteiger charge is -2.19. The minimum atomic E-state index is -3.32. The molecule has 156 valence electrons. The third-order valence-corrected chi connectivity index (χ3v) is 7.11. The Balaban J connectivity index is 1.92. The molecule has 0 aliphatic carbocycles. The van der Waals surface area contributed by atoms with Gasteiger partial charge in [-0.15, -0.1) is 0 Å². The summed E-state index contributed by atoms with van der Waals surface area (Å²) in [6.07, 6.45) is 1.14. The molecule has 2 aromatic rings. The van der Waals surface area contributed by atoms with Crippen molar-refractivity contribution >= 4 is 26.8 Å². The highest BCUT2D eigenvalue weighted by Gasteiger charge is 2.58. The van der Waals surface area contributed by atoms with Crippen LogP contribution in [0.1, 0.15) is 37.9 Å². The molecule has 1 fully saturated rings. The smallest absolute Gasteiger partial charge is 0.326 e. The number of hydrogen-bond acceptors (Lipinski definition) is 5. The van der Waals surface area contributed by atoms with Gasteiger partial charge in [0.05, 0.1) is 15.8 Å². The fraction of sp³-hybridized carbons (Fsp3) is 0.381. The Morgan fingerprint density at radius 2 is 1.59 bits per heavy atom. The van der Waals surface area contributed by atoms with E-state index < -0.39 is 44.5 Å². The molecule has 0 bridgehead atoms. The van der Waals surface area contributed by atoms with E-state index in [4.69, 9.17) is 4.74 Å². The van der Waals surface area contributed by atoms with Crippen LogP contribution >= 0.6 is 0 Å². The van der Waals surface area contributed by atoms with Gasteiger partial charge in [-0.05, 0) is 57.5 Å². The van der Waals surface area contributed by atoms with Gasteiger partial charge in [-0.25, -0.2) is 12.6 Å². The first-order valence-corrected chi connectivity index (χ1v) is 12.2. The first-order chi connectivity index (χ1) is 13.4. The zero-order valence-electron chi connectivity index (χ0n) is 17.1. The summed E-state index contributed by atoms with van der Waals surface area (Å²) in [5.41, 5.74) is 1.10. The molecule has 2 unspecified atom stereocenters. The second-order valence-electron chi connectivity index (χ2n) is 8.19. The van der Waals surface area contributed by atoms with E-state index in [9.17, 15) is 17.4 Å². The van der Waals surface area contributed by atoms with Crippen molar-refractivity contribution in [3.63, 3.8) is 0 Å². The van der Waals surface area contributed by atoms with Gasteiger partial charge < -0.3 is 4.74 Å². The van der Waals surface area contributed by atoms with Crippen LogP contribution in [0.5, 0.6) is 0 Å². The molecule has 0 aromatic heterocycles. The Bertz CT molecular complexity index is 1040. The minimum absolute atomic E-state index is 0.196. The van der Waals surface area contributed by atoms with Crippen molar-refractivity contribution in [2.75, 3.05) is 6.26 Å². The van der Waals surface area contributed by atoms with E-state index in [0.717, 1.165) is 11.8 Å². The van der Waals surface area contributed by atoms with Crippen LogP contribution in [-0.2, 0) is 30.4 Å². The lowest BCUT2D eigenvalue weighted by Crippen LogP contribution is -2.28. The van der Waals surface area contributed by atoms with Crippen molar-refractivity contribution in [2.24, 2.45) is 0 Å². The maximum Gasteiger partial charge on any atom is 0.326 e. The first-order valence-electron chi connectivity index (χ1n) is 9.18. The molecule has 1 aliphatic rings. The number of nitrogens with zero attached hydrogens (tertiary/aromatic N) is 1. The molecule has 1 heterocycles. The number of carbonyl (C=O) groups excluding carboxylic acids is 1.